The van der Waals surface area contributed by atoms with Crippen LogP contribution < -0.4 is 0 Å². The van der Waals surface area contributed by atoms with E-state index in [2.05, 4.69) is 6.58 Å². The Morgan fingerprint density at radius 2 is 2.20 bits per heavy atom. The highest BCUT2D eigenvalue weighted by atomic mass is 16.7. The Labute approximate surface area is 61.2 Å². The van der Waals surface area contributed by atoms with Crippen LogP contribution in [0.1, 0.15) is 13.8 Å². The van der Waals surface area contributed by atoms with Crippen molar-refractivity contribution in [1.82, 2.24) is 5.06 Å². The Morgan fingerprint density at radius 1 is 1.70 bits per heavy atom. The van der Waals surface area contributed by atoms with Crippen molar-refractivity contribution in [3.63, 3.8) is 0 Å². The number of hydrogen-bond acceptors (Lipinski definition) is 3. The Bertz CT molecular complexity index is 132. The molecule has 0 aromatic rings. The molecule has 0 unspecified atom stereocenters. The zero-order valence-electron chi connectivity index (χ0n) is 6.63. The summed E-state index contributed by atoms with van der Waals surface area (Å²) < 4.78 is 0. The molecule has 0 N–H and O–H groups in total. The molecule has 0 heterocycles. The van der Waals surface area contributed by atoms with Gasteiger partial charge in [-0.05, 0) is 13.8 Å². The van der Waals surface area contributed by atoms with Gasteiger partial charge < -0.3 is 4.84 Å². The van der Waals surface area contributed by atoms with Crippen molar-refractivity contribution in [3.8, 4) is 0 Å². The molecule has 0 aromatic heterocycles. The van der Waals surface area contributed by atoms with E-state index in [1.54, 1.807) is 7.05 Å². The molecule has 0 aliphatic heterocycles. The highest BCUT2D eigenvalue weighted by molar-refractivity contribution is 5.80. The fraction of sp³-hybridized carbons (Fsp3) is 0.571. The quantitative estimate of drug-likeness (QED) is 0.435. The second-order valence-corrected chi connectivity index (χ2v) is 2.25. The number of hydroxylamine groups is 2. The summed E-state index contributed by atoms with van der Waals surface area (Å²) in [5, 5.41) is 1.48. The van der Waals surface area contributed by atoms with Crippen LogP contribution in [0, 0.1) is 0 Å². The van der Waals surface area contributed by atoms with Gasteiger partial charge in [0.05, 0.1) is 0 Å². The van der Waals surface area contributed by atoms with Crippen LogP contribution in [-0.4, -0.2) is 24.1 Å². The normalized spacial score (nSPS) is 10.1. The van der Waals surface area contributed by atoms with E-state index in [1.807, 2.05) is 13.8 Å². The molecule has 0 aliphatic carbocycles. The van der Waals surface area contributed by atoms with Gasteiger partial charge in [0, 0.05) is 19.2 Å². The first kappa shape index (κ1) is 9.17. The van der Waals surface area contributed by atoms with Crippen LogP contribution in [0.3, 0.4) is 0 Å². The second kappa shape index (κ2) is 4.06. The maximum atomic E-state index is 10.5. The van der Waals surface area contributed by atoms with Crippen molar-refractivity contribution >= 4 is 5.97 Å². The van der Waals surface area contributed by atoms with E-state index in [0.717, 1.165) is 6.08 Å². The summed E-state index contributed by atoms with van der Waals surface area (Å²) >= 11 is 0. The molecule has 3 heteroatoms. The molecule has 0 rings (SSSR count). The first-order valence-corrected chi connectivity index (χ1v) is 3.15. The molecular weight excluding hydrogens is 130 g/mol. The Kier molecular flexibility index (Phi) is 3.72. The minimum absolute atomic E-state index is 0.198. The monoisotopic (exact) mass is 143 g/mol. The molecule has 0 saturated heterocycles. The largest absolute Gasteiger partial charge is 0.364 e. The predicted molar refractivity (Wildman–Crippen MR) is 39.2 cm³/mol. The van der Waals surface area contributed by atoms with E-state index in [4.69, 9.17) is 4.84 Å². The van der Waals surface area contributed by atoms with Gasteiger partial charge in [-0.1, -0.05) is 6.58 Å². The van der Waals surface area contributed by atoms with Crippen LogP contribution >= 0.6 is 0 Å². The molecule has 0 fully saturated rings. The maximum absolute atomic E-state index is 10.5. The lowest BCUT2D eigenvalue weighted by atomic mass is 10.4. The minimum Gasteiger partial charge on any atom is -0.364 e. The predicted octanol–water partition coefficient (Wildman–Crippen LogP) is 0.971. The average Bonchev–Trinajstić information content (AvgIpc) is 1.87. The van der Waals surface area contributed by atoms with Gasteiger partial charge >= 0.3 is 5.97 Å². The van der Waals surface area contributed by atoms with E-state index in [0.29, 0.717) is 0 Å². The topological polar surface area (TPSA) is 29.5 Å². The number of hydrogen-bond donors (Lipinski definition) is 0. The van der Waals surface area contributed by atoms with E-state index in [9.17, 15) is 4.79 Å². The van der Waals surface area contributed by atoms with Crippen molar-refractivity contribution in [1.29, 1.82) is 0 Å². The van der Waals surface area contributed by atoms with Gasteiger partial charge in [-0.25, -0.2) is 4.79 Å². The molecule has 0 amide bonds. The van der Waals surface area contributed by atoms with Gasteiger partial charge in [0.1, 0.15) is 0 Å². The average molecular weight is 143 g/mol. The third kappa shape index (κ3) is 3.25. The van der Waals surface area contributed by atoms with Crippen molar-refractivity contribution < 1.29 is 9.63 Å². The van der Waals surface area contributed by atoms with Crippen molar-refractivity contribution in [2.45, 2.75) is 19.9 Å². The van der Waals surface area contributed by atoms with Crippen LogP contribution in [0.25, 0.3) is 0 Å². The van der Waals surface area contributed by atoms with Crippen molar-refractivity contribution in [3.05, 3.63) is 12.7 Å². The Hall–Kier alpha value is -0.830. The molecule has 0 radical (unpaired) electrons. The van der Waals surface area contributed by atoms with Gasteiger partial charge in [0.15, 0.2) is 0 Å². The summed E-state index contributed by atoms with van der Waals surface area (Å²) in [4.78, 5) is 15.3. The smallest absolute Gasteiger partial charge is 0.349 e. The number of nitrogens with zero attached hydrogens (tertiary/aromatic N) is 1. The van der Waals surface area contributed by atoms with Gasteiger partial charge in [0.2, 0.25) is 0 Å². The second-order valence-electron chi connectivity index (χ2n) is 2.25. The van der Waals surface area contributed by atoms with Gasteiger partial charge in [-0.2, -0.15) is 0 Å². The minimum atomic E-state index is -0.420. The maximum Gasteiger partial charge on any atom is 0.349 e. The lowest BCUT2D eigenvalue weighted by Crippen LogP contribution is -2.28. The highest BCUT2D eigenvalue weighted by Gasteiger charge is 2.05. The molecular formula is C7H13NO2. The molecule has 0 aromatic carbocycles. The third-order valence-electron chi connectivity index (χ3n) is 1.13. The molecule has 3 nitrogen and oxygen atoms in total. The van der Waals surface area contributed by atoms with E-state index in [-0.39, 0.29) is 6.04 Å². The zero-order valence-corrected chi connectivity index (χ0v) is 6.63. The van der Waals surface area contributed by atoms with Crippen LogP contribution in [0.15, 0.2) is 12.7 Å². The molecule has 0 aliphatic rings. The molecule has 10 heavy (non-hydrogen) atoms. The Balaban J connectivity index is 3.67. The third-order valence-corrected chi connectivity index (χ3v) is 1.13. The zero-order chi connectivity index (χ0) is 8.15. The summed E-state index contributed by atoms with van der Waals surface area (Å²) in [5.41, 5.74) is 0. The van der Waals surface area contributed by atoms with E-state index >= 15 is 0 Å². The highest BCUT2D eigenvalue weighted by Crippen LogP contribution is 1.94. The van der Waals surface area contributed by atoms with E-state index in [1.165, 1.54) is 5.06 Å². The fourth-order valence-electron chi connectivity index (χ4n) is 0.285. The summed E-state index contributed by atoms with van der Waals surface area (Å²) in [5.74, 6) is -0.420. The van der Waals surface area contributed by atoms with Crippen LogP contribution in [0.4, 0.5) is 0 Å². The van der Waals surface area contributed by atoms with Crippen molar-refractivity contribution in [2.24, 2.45) is 0 Å². The SMILES string of the molecule is C=CC(=O)ON(C)C(C)C. The van der Waals surface area contributed by atoms with Crippen LogP contribution in [0.2, 0.25) is 0 Å². The van der Waals surface area contributed by atoms with Crippen molar-refractivity contribution in [2.75, 3.05) is 7.05 Å². The lowest BCUT2D eigenvalue weighted by molar-refractivity contribution is -0.184. The Morgan fingerprint density at radius 3 is 2.50 bits per heavy atom. The first-order chi connectivity index (χ1) is 4.57. The molecule has 0 saturated carbocycles. The summed E-state index contributed by atoms with van der Waals surface area (Å²) in [6, 6.07) is 0.198. The van der Waals surface area contributed by atoms with Crippen LogP contribution in [-0.2, 0) is 9.63 Å². The summed E-state index contributed by atoms with van der Waals surface area (Å²) in [6.07, 6.45) is 1.14. The van der Waals surface area contributed by atoms with Crippen LogP contribution in [0.5, 0.6) is 0 Å². The standard InChI is InChI=1S/C7H13NO2/c1-5-7(9)10-8(4)6(2)3/h5-6H,1H2,2-4H3. The van der Waals surface area contributed by atoms with Gasteiger partial charge in [-0.15, -0.1) is 5.06 Å². The number of carbonyl (C=O) groups excluding carboxylic acids is 1. The molecule has 58 valence electrons. The van der Waals surface area contributed by atoms with Gasteiger partial charge in [-0.3, -0.25) is 0 Å². The first-order valence-electron chi connectivity index (χ1n) is 3.15. The fourth-order valence-corrected chi connectivity index (χ4v) is 0.285. The molecule has 0 atom stereocenters. The molecule has 0 spiro atoms. The number of carbonyl (C=O) groups is 1. The number of rotatable bonds is 3. The molecule has 0 bridgehead atoms. The summed E-state index contributed by atoms with van der Waals surface area (Å²) in [6.45, 7) is 7.13. The van der Waals surface area contributed by atoms with Gasteiger partial charge in [0.25, 0.3) is 0 Å². The summed E-state index contributed by atoms with van der Waals surface area (Å²) in [7, 11) is 1.70. The van der Waals surface area contributed by atoms with E-state index < -0.39 is 5.97 Å². The lowest BCUT2D eigenvalue weighted by Gasteiger charge is -2.18.